The van der Waals surface area contributed by atoms with E-state index in [1.165, 1.54) is 6.07 Å². The smallest absolute Gasteiger partial charge is 0.270 e. The molecule has 0 N–H and O–H groups in total. The number of hydrogen-bond donors (Lipinski definition) is 0. The Balaban J connectivity index is 1.88. The molecule has 0 radical (unpaired) electrons. The summed E-state index contributed by atoms with van der Waals surface area (Å²) in [6, 6.07) is 10.5. The molecule has 0 saturated carbocycles. The fourth-order valence-corrected chi connectivity index (χ4v) is 3.47. The predicted molar refractivity (Wildman–Crippen MR) is 87.7 cm³/mol. The van der Waals surface area contributed by atoms with Crippen LogP contribution in [0.3, 0.4) is 0 Å². The Hall–Kier alpha value is -2.14. The number of amides is 1. The van der Waals surface area contributed by atoms with E-state index in [1.807, 2.05) is 29.0 Å². The summed E-state index contributed by atoms with van der Waals surface area (Å²) in [5.41, 5.74) is 2.26. The van der Waals surface area contributed by atoms with Gasteiger partial charge in [-0.25, -0.2) is 4.39 Å². The molecule has 0 bridgehead atoms. The first-order valence-corrected chi connectivity index (χ1v) is 8.05. The maximum Gasteiger partial charge on any atom is 0.270 e. The number of fused-ring (bicyclic) bond motifs is 1. The molecule has 5 heteroatoms. The monoisotopic (exact) mass is 316 g/mol. The number of aromatic nitrogens is 1. The Morgan fingerprint density at radius 2 is 2.09 bits per heavy atom. The number of rotatable bonds is 4. The Morgan fingerprint density at radius 3 is 2.82 bits per heavy atom. The van der Waals surface area contributed by atoms with Crippen molar-refractivity contribution in [2.75, 3.05) is 7.05 Å². The minimum atomic E-state index is -0.283. The maximum atomic E-state index is 13.7. The average molecular weight is 316 g/mol. The quantitative estimate of drug-likeness (QED) is 0.710. The predicted octanol–water partition coefficient (Wildman–Crippen LogP) is 4.13. The van der Waals surface area contributed by atoms with Crippen molar-refractivity contribution >= 4 is 27.5 Å². The summed E-state index contributed by atoms with van der Waals surface area (Å²) < 4.78 is 16.8. The topological polar surface area (TPSA) is 25.2 Å². The van der Waals surface area contributed by atoms with Gasteiger partial charge >= 0.3 is 0 Å². The van der Waals surface area contributed by atoms with Gasteiger partial charge in [0.1, 0.15) is 11.5 Å². The second-order valence-electron chi connectivity index (χ2n) is 5.20. The van der Waals surface area contributed by atoms with E-state index in [1.54, 1.807) is 41.5 Å². The largest absolute Gasteiger partial charge is 0.336 e. The number of carbonyl (C=O) groups is 1. The summed E-state index contributed by atoms with van der Waals surface area (Å²) in [6.45, 7) is 3.01. The molecule has 1 amide bonds. The van der Waals surface area contributed by atoms with Crippen molar-refractivity contribution in [3.8, 4) is 0 Å². The van der Waals surface area contributed by atoms with Gasteiger partial charge in [0, 0.05) is 25.7 Å². The number of nitrogens with zero attached hydrogens (tertiary/aromatic N) is 2. The van der Waals surface area contributed by atoms with E-state index in [2.05, 4.69) is 0 Å². The fraction of sp³-hybridized carbons (Fsp3) is 0.235. The highest BCUT2D eigenvalue weighted by Crippen LogP contribution is 2.26. The van der Waals surface area contributed by atoms with E-state index in [0.717, 1.165) is 16.8 Å². The Bertz CT molecular complexity index is 821. The van der Waals surface area contributed by atoms with E-state index < -0.39 is 0 Å². The SMILES string of the molecule is CCn1c(C(=O)N(C)Cc2ccccc2F)cc2sccc21. The molecule has 0 saturated heterocycles. The van der Waals surface area contributed by atoms with Gasteiger partial charge in [-0.2, -0.15) is 0 Å². The van der Waals surface area contributed by atoms with Gasteiger partial charge in [-0.05, 0) is 30.5 Å². The lowest BCUT2D eigenvalue weighted by Gasteiger charge is -2.18. The molecule has 2 heterocycles. The standard InChI is InChI=1S/C17H17FN2OS/c1-3-20-14-8-9-22-16(14)10-15(20)17(21)19(2)11-12-6-4-5-7-13(12)18/h4-10H,3,11H2,1-2H3. The highest BCUT2D eigenvalue weighted by Gasteiger charge is 2.19. The summed E-state index contributed by atoms with van der Waals surface area (Å²) in [7, 11) is 1.70. The lowest BCUT2D eigenvalue weighted by Crippen LogP contribution is -2.28. The molecule has 0 spiro atoms. The molecule has 2 aromatic heterocycles. The van der Waals surface area contributed by atoms with Crippen LogP contribution in [0.15, 0.2) is 41.8 Å². The second kappa shape index (κ2) is 5.93. The van der Waals surface area contributed by atoms with Gasteiger partial charge in [-0.15, -0.1) is 11.3 Å². The molecule has 22 heavy (non-hydrogen) atoms. The first-order chi connectivity index (χ1) is 10.6. The summed E-state index contributed by atoms with van der Waals surface area (Å²) in [5, 5.41) is 2.02. The van der Waals surface area contributed by atoms with Gasteiger partial charge in [0.05, 0.1) is 10.2 Å². The number of hydrogen-bond acceptors (Lipinski definition) is 2. The Labute approximate surface area is 132 Å². The van der Waals surface area contributed by atoms with E-state index in [9.17, 15) is 9.18 Å². The van der Waals surface area contributed by atoms with Gasteiger partial charge < -0.3 is 9.47 Å². The van der Waals surface area contributed by atoms with Crippen LogP contribution < -0.4 is 0 Å². The van der Waals surface area contributed by atoms with Crippen molar-refractivity contribution in [1.29, 1.82) is 0 Å². The van der Waals surface area contributed by atoms with Crippen LogP contribution in [0.2, 0.25) is 0 Å². The fourth-order valence-electron chi connectivity index (χ4n) is 2.64. The molecule has 0 aliphatic rings. The molecule has 0 fully saturated rings. The van der Waals surface area contributed by atoms with E-state index in [4.69, 9.17) is 0 Å². The van der Waals surface area contributed by atoms with Crippen molar-refractivity contribution in [1.82, 2.24) is 9.47 Å². The lowest BCUT2D eigenvalue weighted by atomic mass is 10.2. The van der Waals surface area contributed by atoms with Crippen molar-refractivity contribution in [3.63, 3.8) is 0 Å². The van der Waals surface area contributed by atoms with E-state index in [-0.39, 0.29) is 18.3 Å². The number of carbonyl (C=O) groups excluding carboxylic acids is 1. The molecule has 0 aliphatic carbocycles. The molecule has 0 atom stereocenters. The third-order valence-electron chi connectivity index (χ3n) is 3.77. The van der Waals surface area contributed by atoms with Crippen LogP contribution in [0.5, 0.6) is 0 Å². The van der Waals surface area contributed by atoms with Gasteiger partial charge in [0.25, 0.3) is 5.91 Å². The van der Waals surface area contributed by atoms with Crippen LogP contribution in [0.1, 0.15) is 23.0 Å². The summed E-state index contributed by atoms with van der Waals surface area (Å²) in [6.07, 6.45) is 0. The third-order valence-corrected chi connectivity index (χ3v) is 4.62. The summed E-state index contributed by atoms with van der Waals surface area (Å²) >= 11 is 1.62. The second-order valence-corrected chi connectivity index (χ2v) is 6.14. The van der Waals surface area contributed by atoms with Gasteiger partial charge in [-0.1, -0.05) is 18.2 Å². The van der Waals surface area contributed by atoms with Crippen LogP contribution >= 0.6 is 11.3 Å². The van der Waals surface area contributed by atoms with E-state index >= 15 is 0 Å². The number of halogens is 1. The molecule has 3 rings (SSSR count). The third kappa shape index (κ3) is 2.52. The lowest BCUT2D eigenvalue weighted by molar-refractivity contribution is 0.0774. The molecule has 1 aromatic carbocycles. The average Bonchev–Trinajstić information content (AvgIpc) is 3.09. The maximum absolute atomic E-state index is 13.7. The van der Waals surface area contributed by atoms with Crippen LogP contribution in [-0.2, 0) is 13.1 Å². The zero-order valence-corrected chi connectivity index (χ0v) is 13.4. The van der Waals surface area contributed by atoms with Crippen LogP contribution in [0.25, 0.3) is 10.2 Å². The van der Waals surface area contributed by atoms with Crippen molar-refractivity contribution in [2.45, 2.75) is 20.0 Å². The van der Waals surface area contributed by atoms with E-state index in [0.29, 0.717) is 11.3 Å². The number of thiophene rings is 1. The van der Waals surface area contributed by atoms with Crippen LogP contribution in [0, 0.1) is 5.82 Å². The van der Waals surface area contributed by atoms with Crippen molar-refractivity contribution in [3.05, 3.63) is 58.9 Å². The van der Waals surface area contributed by atoms with Crippen LogP contribution in [0.4, 0.5) is 4.39 Å². The minimum Gasteiger partial charge on any atom is -0.336 e. The van der Waals surface area contributed by atoms with Crippen molar-refractivity contribution in [2.24, 2.45) is 0 Å². The van der Waals surface area contributed by atoms with Gasteiger partial charge in [-0.3, -0.25) is 4.79 Å². The Morgan fingerprint density at radius 1 is 1.32 bits per heavy atom. The first-order valence-electron chi connectivity index (χ1n) is 7.17. The van der Waals surface area contributed by atoms with Gasteiger partial charge in [0.2, 0.25) is 0 Å². The zero-order chi connectivity index (χ0) is 15.7. The zero-order valence-electron chi connectivity index (χ0n) is 12.5. The van der Waals surface area contributed by atoms with Gasteiger partial charge in [0.15, 0.2) is 0 Å². The summed E-state index contributed by atoms with van der Waals surface area (Å²) in [4.78, 5) is 14.3. The molecule has 0 aliphatic heterocycles. The molecular weight excluding hydrogens is 299 g/mol. The Kier molecular flexibility index (Phi) is 3.98. The molecule has 3 nitrogen and oxygen atoms in total. The molecule has 114 valence electrons. The molecule has 3 aromatic rings. The first kappa shape index (κ1) is 14.8. The number of benzene rings is 1. The number of aryl methyl sites for hydroxylation is 1. The highest BCUT2D eigenvalue weighted by atomic mass is 32.1. The summed E-state index contributed by atoms with van der Waals surface area (Å²) in [5.74, 6) is -0.373. The van der Waals surface area contributed by atoms with Crippen molar-refractivity contribution < 1.29 is 9.18 Å². The minimum absolute atomic E-state index is 0.0893. The molecule has 0 unspecified atom stereocenters. The molecular formula is C17H17FN2OS. The highest BCUT2D eigenvalue weighted by molar-refractivity contribution is 7.17. The van der Waals surface area contributed by atoms with Crippen LogP contribution in [-0.4, -0.2) is 22.4 Å². The normalized spacial score (nSPS) is 11.0.